The Morgan fingerprint density at radius 1 is 1.03 bits per heavy atom. The van der Waals surface area contributed by atoms with E-state index in [-0.39, 0.29) is 23.7 Å². The first-order valence-electron chi connectivity index (χ1n) is 9.89. The second kappa shape index (κ2) is 10.1. The number of benzene rings is 2. The second-order valence-electron chi connectivity index (χ2n) is 7.17. The van der Waals surface area contributed by atoms with Gasteiger partial charge in [0.1, 0.15) is 5.75 Å². The minimum Gasteiger partial charge on any atom is -0.496 e. The van der Waals surface area contributed by atoms with Gasteiger partial charge >= 0.3 is 0 Å². The number of ether oxygens (including phenoxy) is 2. The fourth-order valence-corrected chi connectivity index (χ4v) is 3.85. The van der Waals surface area contributed by atoms with Crippen LogP contribution in [0.2, 0.25) is 0 Å². The van der Waals surface area contributed by atoms with Crippen LogP contribution < -0.4 is 10.1 Å². The topological polar surface area (TPSA) is 67.9 Å². The first-order chi connectivity index (χ1) is 14.2. The van der Waals surface area contributed by atoms with Crippen LogP contribution in [0, 0.1) is 5.92 Å². The van der Waals surface area contributed by atoms with E-state index in [1.54, 1.807) is 31.3 Å². The molecule has 1 heterocycles. The molecule has 0 spiro atoms. The van der Waals surface area contributed by atoms with Crippen molar-refractivity contribution in [2.24, 2.45) is 5.92 Å². The van der Waals surface area contributed by atoms with E-state index in [1.807, 2.05) is 42.5 Å². The van der Waals surface area contributed by atoms with E-state index in [2.05, 4.69) is 5.32 Å². The summed E-state index contributed by atoms with van der Waals surface area (Å²) in [6, 6.07) is 16.9. The first-order valence-corrected chi connectivity index (χ1v) is 9.89. The molecule has 0 radical (unpaired) electrons. The number of nitrogens with one attached hydrogen (secondary N) is 1. The van der Waals surface area contributed by atoms with Crippen LogP contribution in [0.4, 0.5) is 0 Å². The minimum atomic E-state index is -0.332. The van der Waals surface area contributed by atoms with Crippen LogP contribution in [0.1, 0.15) is 28.3 Å². The van der Waals surface area contributed by atoms with E-state index < -0.39 is 0 Å². The number of hydrogen-bond acceptors (Lipinski definition) is 4. The third-order valence-corrected chi connectivity index (χ3v) is 5.33. The van der Waals surface area contributed by atoms with Crippen molar-refractivity contribution >= 4 is 11.8 Å². The Bertz CT molecular complexity index is 825. The molecular weight excluding hydrogens is 368 g/mol. The van der Waals surface area contributed by atoms with Gasteiger partial charge in [-0.05, 0) is 30.2 Å². The fraction of sp³-hybridized carbons (Fsp3) is 0.391. The van der Waals surface area contributed by atoms with Gasteiger partial charge in [-0.3, -0.25) is 9.59 Å². The lowest BCUT2D eigenvalue weighted by Gasteiger charge is -2.20. The van der Waals surface area contributed by atoms with Crippen molar-refractivity contribution in [2.75, 3.05) is 40.5 Å². The molecule has 2 aromatic rings. The second-order valence-corrected chi connectivity index (χ2v) is 7.17. The molecule has 0 saturated carbocycles. The highest BCUT2D eigenvalue weighted by molar-refractivity contribution is 5.95. The van der Waals surface area contributed by atoms with E-state index in [0.717, 1.165) is 17.7 Å². The number of hydrogen-bond donors (Lipinski definition) is 1. The summed E-state index contributed by atoms with van der Waals surface area (Å²) in [5.41, 5.74) is 1.59. The van der Waals surface area contributed by atoms with Crippen LogP contribution in [0.3, 0.4) is 0 Å². The zero-order chi connectivity index (χ0) is 20.6. The molecule has 0 aliphatic carbocycles. The summed E-state index contributed by atoms with van der Waals surface area (Å²) in [5.74, 6) is 0.187. The fourth-order valence-electron chi connectivity index (χ4n) is 3.85. The lowest BCUT2D eigenvalue weighted by molar-refractivity contribution is -0.124. The van der Waals surface area contributed by atoms with Crippen LogP contribution >= 0.6 is 0 Å². The summed E-state index contributed by atoms with van der Waals surface area (Å²) in [7, 11) is 3.27. The van der Waals surface area contributed by atoms with Gasteiger partial charge in [-0.1, -0.05) is 36.4 Å². The molecule has 0 aromatic heterocycles. The smallest absolute Gasteiger partial charge is 0.253 e. The molecule has 3 rings (SSSR count). The first kappa shape index (κ1) is 20.9. The normalized spacial score (nSPS) is 18.5. The molecule has 2 amide bonds. The van der Waals surface area contributed by atoms with Crippen LogP contribution in [0.15, 0.2) is 54.6 Å². The number of carbonyl (C=O) groups is 2. The molecule has 1 saturated heterocycles. The van der Waals surface area contributed by atoms with Gasteiger partial charge in [0, 0.05) is 44.8 Å². The minimum absolute atomic E-state index is 0.0413. The van der Waals surface area contributed by atoms with Crippen molar-refractivity contribution in [3.8, 4) is 5.75 Å². The zero-order valence-electron chi connectivity index (χ0n) is 17.0. The standard InChI is InChI=1S/C23H28N2O4/c1-28-14-8-13-24-22(26)20-16-25(23(27)17-9-4-3-5-10-17)15-19(20)18-11-6-7-12-21(18)29-2/h3-7,9-12,19-20H,8,13-16H2,1-2H3,(H,24,26)/t19-,20+/m1/s1. The maximum atomic E-state index is 13.0. The predicted molar refractivity (Wildman–Crippen MR) is 111 cm³/mol. The van der Waals surface area contributed by atoms with E-state index >= 15 is 0 Å². The number of rotatable bonds is 8. The van der Waals surface area contributed by atoms with Crippen molar-refractivity contribution in [1.29, 1.82) is 0 Å². The molecule has 1 N–H and O–H groups in total. The third-order valence-electron chi connectivity index (χ3n) is 5.33. The highest BCUT2D eigenvalue weighted by Gasteiger charge is 2.41. The maximum Gasteiger partial charge on any atom is 0.253 e. The average molecular weight is 396 g/mol. The molecule has 2 aromatic carbocycles. The molecule has 154 valence electrons. The molecule has 6 heteroatoms. The van der Waals surface area contributed by atoms with Crippen molar-refractivity contribution in [1.82, 2.24) is 10.2 Å². The number of likely N-dealkylation sites (tertiary alicyclic amines) is 1. The van der Waals surface area contributed by atoms with Gasteiger partial charge < -0.3 is 19.7 Å². The summed E-state index contributed by atoms with van der Waals surface area (Å²) in [6.45, 7) is 2.00. The largest absolute Gasteiger partial charge is 0.496 e. The lowest BCUT2D eigenvalue weighted by Crippen LogP contribution is -2.36. The van der Waals surface area contributed by atoms with Crippen molar-refractivity contribution < 1.29 is 19.1 Å². The average Bonchev–Trinajstić information content (AvgIpc) is 3.22. The van der Waals surface area contributed by atoms with Crippen molar-refractivity contribution in [2.45, 2.75) is 12.3 Å². The van der Waals surface area contributed by atoms with Crippen molar-refractivity contribution in [3.05, 3.63) is 65.7 Å². The van der Waals surface area contributed by atoms with Crippen LogP contribution in [-0.2, 0) is 9.53 Å². The van der Waals surface area contributed by atoms with Gasteiger partial charge in [-0.2, -0.15) is 0 Å². The van der Waals surface area contributed by atoms with Gasteiger partial charge in [0.2, 0.25) is 5.91 Å². The quantitative estimate of drug-likeness (QED) is 0.697. The Hall–Kier alpha value is -2.86. The molecule has 1 aliphatic rings. The van der Waals surface area contributed by atoms with E-state index in [9.17, 15) is 9.59 Å². The van der Waals surface area contributed by atoms with Gasteiger partial charge in [0.05, 0.1) is 13.0 Å². The maximum absolute atomic E-state index is 13.0. The van der Waals surface area contributed by atoms with Crippen molar-refractivity contribution in [3.63, 3.8) is 0 Å². The number of methoxy groups -OCH3 is 2. The summed E-state index contributed by atoms with van der Waals surface area (Å²) >= 11 is 0. The number of carbonyl (C=O) groups excluding carboxylic acids is 2. The Balaban J connectivity index is 1.82. The van der Waals surface area contributed by atoms with Gasteiger partial charge in [0.15, 0.2) is 0 Å². The zero-order valence-corrected chi connectivity index (χ0v) is 17.0. The third kappa shape index (κ3) is 4.95. The van der Waals surface area contributed by atoms with Gasteiger partial charge in [-0.15, -0.1) is 0 Å². The molecule has 29 heavy (non-hydrogen) atoms. The summed E-state index contributed by atoms with van der Waals surface area (Å²) in [6.07, 6.45) is 0.751. The van der Waals surface area contributed by atoms with Crippen LogP contribution in [-0.4, -0.2) is 57.2 Å². The van der Waals surface area contributed by atoms with E-state index in [1.165, 1.54) is 0 Å². The van der Waals surface area contributed by atoms with E-state index in [4.69, 9.17) is 9.47 Å². The lowest BCUT2D eigenvalue weighted by atomic mass is 9.87. The molecule has 0 bridgehead atoms. The molecule has 1 fully saturated rings. The predicted octanol–water partition coefficient (Wildman–Crippen LogP) is 2.70. The number of amides is 2. The number of nitrogens with zero attached hydrogens (tertiary/aromatic N) is 1. The summed E-state index contributed by atoms with van der Waals surface area (Å²) < 4.78 is 10.6. The van der Waals surface area contributed by atoms with E-state index in [0.29, 0.717) is 31.8 Å². The summed E-state index contributed by atoms with van der Waals surface area (Å²) in [4.78, 5) is 27.7. The molecule has 6 nitrogen and oxygen atoms in total. The highest BCUT2D eigenvalue weighted by Crippen LogP contribution is 2.38. The van der Waals surface area contributed by atoms with Crippen LogP contribution in [0.25, 0.3) is 0 Å². The Morgan fingerprint density at radius 2 is 1.76 bits per heavy atom. The molecule has 2 atom stereocenters. The van der Waals surface area contributed by atoms with Crippen LogP contribution in [0.5, 0.6) is 5.75 Å². The van der Waals surface area contributed by atoms with Gasteiger partial charge in [-0.25, -0.2) is 0 Å². The number of para-hydroxylation sites is 1. The Kier molecular flexibility index (Phi) is 7.25. The molecule has 1 aliphatic heterocycles. The SMILES string of the molecule is COCCCNC(=O)[C@H]1CN(C(=O)c2ccccc2)C[C@@H]1c1ccccc1OC. The Morgan fingerprint density at radius 3 is 2.48 bits per heavy atom. The van der Waals surface area contributed by atoms with Gasteiger partial charge in [0.25, 0.3) is 5.91 Å². The molecule has 0 unspecified atom stereocenters. The monoisotopic (exact) mass is 396 g/mol. The highest BCUT2D eigenvalue weighted by atomic mass is 16.5. The summed E-state index contributed by atoms with van der Waals surface area (Å²) in [5, 5.41) is 3.00. The Labute approximate surface area is 171 Å². The molecular formula is C23H28N2O4.